The van der Waals surface area contributed by atoms with E-state index in [9.17, 15) is 9.18 Å². The maximum Gasteiger partial charge on any atom is 0.323 e. The van der Waals surface area contributed by atoms with Crippen LogP contribution in [0.25, 0.3) is 0 Å². The minimum absolute atomic E-state index is 0.270. The number of hydrogen-bond acceptors (Lipinski definition) is 3. The number of benzene rings is 1. The number of esters is 1. The lowest BCUT2D eigenvalue weighted by Gasteiger charge is -2.22. The Morgan fingerprint density at radius 1 is 1.39 bits per heavy atom. The molecule has 0 fully saturated rings. The van der Waals surface area contributed by atoms with Gasteiger partial charge in [-0.3, -0.25) is 4.79 Å². The molecule has 0 saturated carbocycles. The highest BCUT2D eigenvalue weighted by Gasteiger charge is 2.22. The maximum atomic E-state index is 13.4. The summed E-state index contributed by atoms with van der Waals surface area (Å²) in [5, 5.41) is 0. The van der Waals surface area contributed by atoms with Crippen LogP contribution in [0.4, 0.5) is 4.39 Å². The van der Waals surface area contributed by atoms with Crippen LogP contribution in [0.1, 0.15) is 32.8 Å². The number of ether oxygens (including phenoxy) is 1. The summed E-state index contributed by atoms with van der Waals surface area (Å²) in [7, 11) is 0. The van der Waals surface area contributed by atoms with E-state index in [0.29, 0.717) is 18.4 Å². The van der Waals surface area contributed by atoms with Gasteiger partial charge in [-0.1, -0.05) is 18.2 Å². The highest BCUT2D eigenvalue weighted by atomic mass is 19.1. The SMILES string of the molecule is CC(C)(C)OC(=O)[C@H](N)CCc1ccccc1F. The maximum absolute atomic E-state index is 13.4. The zero-order valence-electron chi connectivity index (χ0n) is 11.1. The lowest BCUT2D eigenvalue weighted by atomic mass is 10.1. The summed E-state index contributed by atoms with van der Waals surface area (Å²) in [6.07, 6.45) is 0.795. The number of nitrogens with two attached hydrogens (primary N) is 1. The zero-order chi connectivity index (χ0) is 13.8. The normalized spacial score (nSPS) is 13.2. The number of carbonyl (C=O) groups is 1. The van der Waals surface area contributed by atoms with E-state index < -0.39 is 17.6 Å². The molecule has 0 aromatic heterocycles. The average molecular weight is 253 g/mol. The Morgan fingerprint density at radius 3 is 2.56 bits per heavy atom. The standard InChI is InChI=1S/C14H20FNO2/c1-14(2,3)18-13(17)12(16)9-8-10-6-4-5-7-11(10)15/h4-7,12H,8-9,16H2,1-3H3/t12-/m1/s1. The van der Waals surface area contributed by atoms with Gasteiger partial charge >= 0.3 is 5.97 Å². The minimum atomic E-state index is -0.719. The van der Waals surface area contributed by atoms with E-state index in [4.69, 9.17) is 10.5 Å². The van der Waals surface area contributed by atoms with E-state index in [1.54, 1.807) is 39.0 Å². The first-order chi connectivity index (χ1) is 8.29. The quantitative estimate of drug-likeness (QED) is 0.838. The second kappa shape index (κ2) is 5.96. The predicted molar refractivity (Wildman–Crippen MR) is 68.5 cm³/mol. The van der Waals surface area contributed by atoms with Crippen molar-refractivity contribution in [2.24, 2.45) is 5.73 Å². The molecule has 0 aliphatic rings. The van der Waals surface area contributed by atoms with Crippen molar-refractivity contribution in [3.63, 3.8) is 0 Å². The predicted octanol–water partition coefficient (Wildman–Crippen LogP) is 2.43. The van der Waals surface area contributed by atoms with Crippen LogP contribution in [0.15, 0.2) is 24.3 Å². The molecule has 1 rings (SSSR count). The second-order valence-corrected chi connectivity index (χ2v) is 5.27. The summed E-state index contributed by atoms with van der Waals surface area (Å²) in [5.74, 6) is -0.715. The average Bonchev–Trinajstić information content (AvgIpc) is 2.25. The molecule has 1 atom stereocenters. The van der Waals surface area contributed by atoms with Gasteiger partial charge in [-0.05, 0) is 45.2 Å². The van der Waals surface area contributed by atoms with Gasteiger partial charge in [0.2, 0.25) is 0 Å². The molecule has 18 heavy (non-hydrogen) atoms. The van der Waals surface area contributed by atoms with Gasteiger partial charge in [0.1, 0.15) is 17.5 Å². The van der Waals surface area contributed by atoms with Crippen molar-refractivity contribution in [3.8, 4) is 0 Å². The third kappa shape index (κ3) is 4.84. The number of hydrogen-bond donors (Lipinski definition) is 1. The van der Waals surface area contributed by atoms with Crippen LogP contribution in [0.3, 0.4) is 0 Å². The first-order valence-electron chi connectivity index (χ1n) is 6.01. The lowest BCUT2D eigenvalue weighted by molar-refractivity contribution is -0.156. The first kappa shape index (κ1) is 14.6. The molecular formula is C14H20FNO2. The van der Waals surface area contributed by atoms with Crippen LogP contribution in [-0.2, 0) is 16.0 Å². The summed E-state index contributed by atoms with van der Waals surface area (Å²) in [6.45, 7) is 5.36. The first-order valence-corrected chi connectivity index (χ1v) is 6.01. The van der Waals surface area contributed by atoms with E-state index in [2.05, 4.69) is 0 Å². The zero-order valence-corrected chi connectivity index (χ0v) is 11.1. The molecular weight excluding hydrogens is 233 g/mol. The molecule has 3 nitrogen and oxygen atoms in total. The monoisotopic (exact) mass is 253 g/mol. The van der Waals surface area contributed by atoms with E-state index in [1.807, 2.05) is 0 Å². The molecule has 0 heterocycles. The van der Waals surface area contributed by atoms with Crippen molar-refractivity contribution in [1.82, 2.24) is 0 Å². The molecule has 0 bridgehead atoms. The fraction of sp³-hybridized carbons (Fsp3) is 0.500. The Hall–Kier alpha value is -1.42. The van der Waals surface area contributed by atoms with Gasteiger partial charge in [-0.15, -0.1) is 0 Å². The molecule has 0 spiro atoms. The Morgan fingerprint density at radius 2 is 2.00 bits per heavy atom. The van der Waals surface area contributed by atoms with Crippen molar-refractivity contribution in [1.29, 1.82) is 0 Å². The lowest BCUT2D eigenvalue weighted by Crippen LogP contribution is -2.37. The van der Waals surface area contributed by atoms with Crippen LogP contribution in [0.5, 0.6) is 0 Å². The molecule has 0 amide bonds. The fourth-order valence-electron chi connectivity index (χ4n) is 1.51. The highest BCUT2D eigenvalue weighted by Crippen LogP contribution is 2.12. The Kier molecular flexibility index (Phi) is 4.84. The largest absolute Gasteiger partial charge is 0.459 e. The summed E-state index contributed by atoms with van der Waals surface area (Å²) in [5.41, 5.74) is 5.74. The fourth-order valence-corrected chi connectivity index (χ4v) is 1.51. The van der Waals surface area contributed by atoms with Gasteiger partial charge in [-0.2, -0.15) is 0 Å². The van der Waals surface area contributed by atoms with Crippen molar-refractivity contribution in [2.45, 2.75) is 45.3 Å². The van der Waals surface area contributed by atoms with Gasteiger partial charge < -0.3 is 10.5 Å². The molecule has 0 radical (unpaired) electrons. The van der Waals surface area contributed by atoms with Gasteiger partial charge in [-0.25, -0.2) is 4.39 Å². The number of aryl methyl sites for hydroxylation is 1. The molecule has 2 N–H and O–H groups in total. The van der Waals surface area contributed by atoms with Gasteiger partial charge in [0.25, 0.3) is 0 Å². The van der Waals surface area contributed by atoms with Crippen LogP contribution in [-0.4, -0.2) is 17.6 Å². The van der Waals surface area contributed by atoms with Gasteiger partial charge in [0, 0.05) is 0 Å². The van der Waals surface area contributed by atoms with Crippen LogP contribution >= 0.6 is 0 Å². The van der Waals surface area contributed by atoms with E-state index in [-0.39, 0.29) is 5.82 Å². The molecule has 0 aliphatic carbocycles. The van der Waals surface area contributed by atoms with Crippen LogP contribution in [0.2, 0.25) is 0 Å². The number of rotatable bonds is 4. The van der Waals surface area contributed by atoms with Crippen molar-refractivity contribution in [2.75, 3.05) is 0 Å². The number of halogens is 1. The second-order valence-electron chi connectivity index (χ2n) is 5.27. The summed E-state index contributed by atoms with van der Waals surface area (Å²) in [6, 6.07) is 5.76. The summed E-state index contributed by atoms with van der Waals surface area (Å²) in [4.78, 5) is 11.6. The Labute approximate surface area is 107 Å². The summed E-state index contributed by atoms with van der Waals surface area (Å²) < 4.78 is 18.5. The third-order valence-corrected chi connectivity index (χ3v) is 2.39. The topological polar surface area (TPSA) is 52.3 Å². The van der Waals surface area contributed by atoms with Gasteiger partial charge in [0.15, 0.2) is 0 Å². The van der Waals surface area contributed by atoms with E-state index in [1.165, 1.54) is 6.07 Å². The minimum Gasteiger partial charge on any atom is -0.459 e. The molecule has 1 aromatic rings. The van der Waals surface area contributed by atoms with E-state index >= 15 is 0 Å². The highest BCUT2D eigenvalue weighted by molar-refractivity contribution is 5.75. The van der Waals surface area contributed by atoms with Crippen molar-refractivity contribution >= 4 is 5.97 Å². The third-order valence-electron chi connectivity index (χ3n) is 2.39. The van der Waals surface area contributed by atoms with Gasteiger partial charge in [0.05, 0.1) is 0 Å². The van der Waals surface area contributed by atoms with E-state index in [0.717, 1.165) is 0 Å². The van der Waals surface area contributed by atoms with Crippen LogP contribution in [0, 0.1) is 5.82 Å². The smallest absolute Gasteiger partial charge is 0.323 e. The number of carbonyl (C=O) groups excluding carboxylic acids is 1. The molecule has 0 unspecified atom stereocenters. The molecule has 0 saturated heterocycles. The van der Waals surface area contributed by atoms with Crippen molar-refractivity contribution < 1.29 is 13.9 Å². The Bertz CT molecular complexity index is 413. The molecule has 4 heteroatoms. The molecule has 100 valence electrons. The summed E-state index contributed by atoms with van der Waals surface area (Å²) >= 11 is 0. The Balaban J connectivity index is 2.49. The van der Waals surface area contributed by atoms with Crippen LogP contribution < -0.4 is 5.73 Å². The molecule has 0 aliphatic heterocycles. The molecule has 1 aromatic carbocycles. The van der Waals surface area contributed by atoms with Crippen molar-refractivity contribution in [3.05, 3.63) is 35.6 Å².